The molecule has 0 aliphatic rings. The molecule has 3 aromatic rings. The van der Waals surface area contributed by atoms with Crippen molar-refractivity contribution in [3.8, 4) is 11.3 Å². The number of aromatic nitrogens is 2. The fraction of sp³-hybridized carbons (Fsp3) is 0.0625. The Morgan fingerprint density at radius 3 is 2.91 bits per heavy atom. The molecule has 0 radical (unpaired) electrons. The second kappa shape index (κ2) is 6.41. The van der Waals surface area contributed by atoms with Crippen molar-refractivity contribution in [2.45, 2.75) is 6.54 Å². The lowest BCUT2D eigenvalue weighted by atomic mass is 10.1. The minimum atomic E-state index is -0.214. The molecular formula is C16H12ClN3O2. The maximum absolute atomic E-state index is 11.9. The third kappa shape index (κ3) is 3.32. The average molecular weight is 314 g/mol. The van der Waals surface area contributed by atoms with Gasteiger partial charge in [0.2, 0.25) is 0 Å². The molecule has 0 bridgehead atoms. The maximum Gasteiger partial charge on any atom is 0.253 e. The largest absolute Gasteiger partial charge is 0.359 e. The van der Waals surface area contributed by atoms with Crippen LogP contribution in [0.15, 0.2) is 59.4 Å². The zero-order valence-corrected chi connectivity index (χ0v) is 12.2. The third-order valence-electron chi connectivity index (χ3n) is 3.03. The molecule has 1 aromatic carbocycles. The molecule has 0 aliphatic heterocycles. The molecule has 0 atom stereocenters. The van der Waals surface area contributed by atoms with Crippen molar-refractivity contribution in [2.75, 3.05) is 0 Å². The lowest BCUT2D eigenvalue weighted by Crippen LogP contribution is -2.22. The SMILES string of the molecule is O=C(NCc1cc(-c2cccc(Cl)c2)no1)c1cccnc1. The Morgan fingerprint density at radius 2 is 2.14 bits per heavy atom. The standard InChI is InChI=1S/C16H12ClN3O2/c17-13-5-1-3-11(7-13)15-8-14(22-20-15)10-19-16(21)12-4-2-6-18-9-12/h1-9H,10H2,(H,19,21). The molecule has 0 saturated carbocycles. The van der Waals surface area contributed by atoms with Crippen LogP contribution in [0.1, 0.15) is 16.1 Å². The number of benzene rings is 1. The molecule has 22 heavy (non-hydrogen) atoms. The number of rotatable bonds is 4. The van der Waals surface area contributed by atoms with Crippen molar-refractivity contribution >= 4 is 17.5 Å². The zero-order valence-electron chi connectivity index (χ0n) is 11.5. The second-order valence-corrected chi connectivity index (χ2v) is 5.05. The van der Waals surface area contributed by atoms with Crippen LogP contribution in [0.25, 0.3) is 11.3 Å². The van der Waals surface area contributed by atoms with Gasteiger partial charge >= 0.3 is 0 Å². The topological polar surface area (TPSA) is 68.0 Å². The highest BCUT2D eigenvalue weighted by atomic mass is 35.5. The highest BCUT2D eigenvalue weighted by Gasteiger charge is 2.09. The number of amides is 1. The molecule has 2 aromatic heterocycles. The van der Waals surface area contributed by atoms with Crippen LogP contribution < -0.4 is 5.32 Å². The lowest BCUT2D eigenvalue weighted by molar-refractivity contribution is 0.0946. The van der Waals surface area contributed by atoms with E-state index in [9.17, 15) is 4.79 Å². The normalized spacial score (nSPS) is 10.4. The van der Waals surface area contributed by atoms with Crippen molar-refractivity contribution in [3.05, 3.63) is 71.2 Å². The molecule has 6 heteroatoms. The van der Waals surface area contributed by atoms with Crippen molar-refractivity contribution < 1.29 is 9.32 Å². The predicted molar refractivity (Wildman–Crippen MR) is 82.4 cm³/mol. The van der Waals surface area contributed by atoms with Crippen molar-refractivity contribution in [2.24, 2.45) is 0 Å². The summed E-state index contributed by atoms with van der Waals surface area (Å²) in [5.41, 5.74) is 2.03. The Morgan fingerprint density at radius 1 is 1.23 bits per heavy atom. The highest BCUT2D eigenvalue weighted by molar-refractivity contribution is 6.30. The Kier molecular flexibility index (Phi) is 4.16. The summed E-state index contributed by atoms with van der Waals surface area (Å²) in [5.74, 6) is 0.348. The van der Waals surface area contributed by atoms with Gasteiger partial charge in [0.25, 0.3) is 5.91 Å². The summed E-state index contributed by atoms with van der Waals surface area (Å²) in [7, 11) is 0. The van der Waals surface area contributed by atoms with Crippen LogP contribution in [0, 0.1) is 0 Å². The minimum Gasteiger partial charge on any atom is -0.359 e. The molecule has 1 N–H and O–H groups in total. The highest BCUT2D eigenvalue weighted by Crippen LogP contribution is 2.22. The van der Waals surface area contributed by atoms with E-state index < -0.39 is 0 Å². The fourth-order valence-electron chi connectivity index (χ4n) is 1.95. The maximum atomic E-state index is 11.9. The van der Waals surface area contributed by atoms with Gasteiger partial charge in [0.1, 0.15) is 5.69 Å². The van der Waals surface area contributed by atoms with E-state index in [1.165, 1.54) is 6.20 Å². The molecule has 110 valence electrons. The van der Waals surface area contributed by atoms with E-state index in [1.807, 2.05) is 12.1 Å². The molecule has 2 heterocycles. The third-order valence-corrected chi connectivity index (χ3v) is 3.26. The number of nitrogens with zero attached hydrogens (tertiary/aromatic N) is 2. The molecule has 0 saturated heterocycles. The molecule has 5 nitrogen and oxygen atoms in total. The Bertz CT molecular complexity index is 787. The molecular weight excluding hydrogens is 302 g/mol. The number of halogens is 1. The van der Waals surface area contributed by atoms with Crippen LogP contribution in [0.3, 0.4) is 0 Å². The van der Waals surface area contributed by atoms with Gasteiger partial charge in [-0.15, -0.1) is 0 Å². The van der Waals surface area contributed by atoms with Crippen LogP contribution in [-0.2, 0) is 6.54 Å². The molecule has 0 aliphatic carbocycles. The van der Waals surface area contributed by atoms with E-state index in [4.69, 9.17) is 16.1 Å². The first kappa shape index (κ1) is 14.3. The summed E-state index contributed by atoms with van der Waals surface area (Å²) >= 11 is 5.95. The number of carbonyl (C=O) groups is 1. The first-order valence-electron chi connectivity index (χ1n) is 6.62. The molecule has 0 unspecified atom stereocenters. The summed E-state index contributed by atoms with van der Waals surface area (Å²) in [5, 5.41) is 7.37. The van der Waals surface area contributed by atoms with Crippen molar-refractivity contribution in [3.63, 3.8) is 0 Å². The van der Waals surface area contributed by atoms with Gasteiger partial charge in [-0.1, -0.05) is 28.9 Å². The predicted octanol–water partition coefficient (Wildman–Crippen LogP) is 3.32. The first-order chi connectivity index (χ1) is 10.7. The average Bonchev–Trinajstić information content (AvgIpc) is 3.02. The smallest absolute Gasteiger partial charge is 0.253 e. The van der Waals surface area contributed by atoms with Crippen LogP contribution >= 0.6 is 11.6 Å². The van der Waals surface area contributed by atoms with Crippen molar-refractivity contribution in [1.29, 1.82) is 0 Å². The van der Waals surface area contributed by atoms with E-state index in [-0.39, 0.29) is 12.5 Å². The number of carbonyl (C=O) groups excluding carboxylic acids is 1. The van der Waals surface area contributed by atoms with Crippen LogP contribution in [-0.4, -0.2) is 16.0 Å². The number of pyridine rings is 1. The summed E-state index contributed by atoms with van der Waals surface area (Å²) in [6.45, 7) is 0.251. The summed E-state index contributed by atoms with van der Waals surface area (Å²) < 4.78 is 5.22. The van der Waals surface area contributed by atoms with Gasteiger partial charge in [0.15, 0.2) is 5.76 Å². The van der Waals surface area contributed by atoms with Gasteiger partial charge in [-0.2, -0.15) is 0 Å². The number of hydrogen-bond acceptors (Lipinski definition) is 4. The second-order valence-electron chi connectivity index (χ2n) is 4.61. The summed E-state index contributed by atoms with van der Waals surface area (Å²) in [6.07, 6.45) is 3.12. The molecule has 0 spiro atoms. The van der Waals surface area contributed by atoms with Gasteiger partial charge in [0.05, 0.1) is 12.1 Å². The van der Waals surface area contributed by atoms with Crippen molar-refractivity contribution in [1.82, 2.24) is 15.5 Å². The van der Waals surface area contributed by atoms with E-state index >= 15 is 0 Å². The minimum absolute atomic E-state index is 0.214. The Hall–Kier alpha value is -2.66. The summed E-state index contributed by atoms with van der Waals surface area (Å²) in [4.78, 5) is 15.8. The van der Waals surface area contributed by atoms with E-state index in [2.05, 4.69) is 15.5 Å². The monoisotopic (exact) mass is 313 g/mol. The van der Waals surface area contributed by atoms with E-state index in [0.717, 1.165) is 5.56 Å². The fourth-order valence-corrected chi connectivity index (χ4v) is 2.14. The van der Waals surface area contributed by atoms with Crippen LogP contribution in [0.5, 0.6) is 0 Å². The van der Waals surface area contributed by atoms with Gasteiger partial charge in [-0.05, 0) is 24.3 Å². The van der Waals surface area contributed by atoms with Crippen LogP contribution in [0.4, 0.5) is 0 Å². The van der Waals surface area contributed by atoms with Gasteiger partial charge < -0.3 is 9.84 Å². The summed E-state index contributed by atoms with van der Waals surface area (Å²) in [6, 6.07) is 12.5. The van der Waals surface area contributed by atoms with E-state index in [0.29, 0.717) is 22.0 Å². The molecule has 3 rings (SSSR count). The molecule has 0 fully saturated rings. The van der Waals surface area contributed by atoms with Gasteiger partial charge in [0, 0.05) is 29.0 Å². The number of nitrogens with one attached hydrogen (secondary N) is 1. The zero-order chi connectivity index (χ0) is 15.4. The Labute approximate surface area is 131 Å². The quantitative estimate of drug-likeness (QED) is 0.802. The van der Waals surface area contributed by atoms with Gasteiger partial charge in [-0.25, -0.2) is 0 Å². The lowest BCUT2D eigenvalue weighted by Gasteiger charge is -2.01. The van der Waals surface area contributed by atoms with E-state index in [1.54, 1.807) is 36.5 Å². The van der Waals surface area contributed by atoms with Crippen LogP contribution in [0.2, 0.25) is 5.02 Å². The Balaban J connectivity index is 1.66. The number of hydrogen-bond donors (Lipinski definition) is 1. The molecule has 1 amide bonds. The first-order valence-corrected chi connectivity index (χ1v) is 7.00. The van der Waals surface area contributed by atoms with Gasteiger partial charge in [-0.3, -0.25) is 9.78 Å².